The van der Waals surface area contributed by atoms with Crippen LogP contribution in [-0.4, -0.2) is 25.2 Å². The van der Waals surface area contributed by atoms with Gasteiger partial charge in [0.1, 0.15) is 5.41 Å². The normalized spacial score (nSPS) is 31.8. The molecule has 4 nitrogen and oxygen atoms in total. The van der Waals surface area contributed by atoms with E-state index in [1.807, 2.05) is 0 Å². The molecular formula is C13H20N2O2. The highest BCUT2D eigenvalue weighted by Crippen LogP contribution is 2.32. The fourth-order valence-corrected chi connectivity index (χ4v) is 2.78. The lowest BCUT2D eigenvalue weighted by Crippen LogP contribution is -2.48. The summed E-state index contributed by atoms with van der Waals surface area (Å²) in [5.74, 6) is 0.455. The number of carbonyl (C=O) groups is 1. The number of nitriles is 1. The first-order valence-electron chi connectivity index (χ1n) is 6.48. The van der Waals surface area contributed by atoms with E-state index >= 15 is 0 Å². The molecular weight excluding hydrogens is 216 g/mol. The van der Waals surface area contributed by atoms with Crippen LogP contribution in [0.2, 0.25) is 0 Å². The topological polar surface area (TPSA) is 62.1 Å². The molecule has 4 heteroatoms. The van der Waals surface area contributed by atoms with Crippen LogP contribution in [0.25, 0.3) is 0 Å². The zero-order valence-electron chi connectivity index (χ0n) is 10.4. The summed E-state index contributed by atoms with van der Waals surface area (Å²) in [6, 6.07) is 2.47. The Morgan fingerprint density at radius 1 is 1.41 bits per heavy atom. The second kappa shape index (κ2) is 5.05. The molecule has 1 saturated carbocycles. The number of rotatable bonds is 2. The fourth-order valence-electron chi connectivity index (χ4n) is 2.78. The SMILES string of the molecule is CC1CCCC1NC(=O)C1(C#N)CCOCC1. The first-order chi connectivity index (χ1) is 8.18. The molecule has 2 rings (SSSR count). The Kier molecular flexibility index (Phi) is 3.68. The van der Waals surface area contributed by atoms with Crippen LogP contribution in [0.4, 0.5) is 0 Å². The first kappa shape index (κ1) is 12.4. The third kappa shape index (κ3) is 2.44. The Bertz CT molecular complexity index is 329. The van der Waals surface area contributed by atoms with E-state index in [2.05, 4.69) is 18.3 Å². The van der Waals surface area contributed by atoms with Crippen LogP contribution in [0.15, 0.2) is 0 Å². The molecule has 0 spiro atoms. The smallest absolute Gasteiger partial charge is 0.240 e. The van der Waals surface area contributed by atoms with Crippen LogP contribution < -0.4 is 5.32 Å². The molecule has 0 aromatic rings. The predicted octanol–water partition coefficient (Wildman–Crippen LogP) is 1.61. The van der Waals surface area contributed by atoms with Crippen molar-refractivity contribution in [1.82, 2.24) is 5.32 Å². The van der Waals surface area contributed by atoms with Crippen molar-refractivity contribution < 1.29 is 9.53 Å². The summed E-state index contributed by atoms with van der Waals surface area (Å²) in [5, 5.41) is 12.4. The maximum absolute atomic E-state index is 12.3. The molecule has 1 aliphatic carbocycles. The lowest BCUT2D eigenvalue weighted by Gasteiger charge is -2.31. The third-order valence-corrected chi connectivity index (χ3v) is 4.17. The minimum Gasteiger partial charge on any atom is -0.381 e. The van der Waals surface area contributed by atoms with Gasteiger partial charge in [-0.3, -0.25) is 4.79 Å². The summed E-state index contributed by atoms with van der Waals surface area (Å²) in [6.07, 6.45) is 4.44. The van der Waals surface area contributed by atoms with Crippen molar-refractivity contribution in [3.63, 3.8) is 0 Å². The van der Waals surface area contributed by atoms with Crippen LogP contribution in [-0.2, 0) is 9.53 Å². The average Bonchev–Trinajstić information content (AvgIpc) is 2.76. The van der Waals surface area contributed by atoms with Crippen molar-refractivity contribution in [2.45, 2.75) is 45.1 Å². The van der Waals surface area contributed by atoms with Gasteiger partial charge in [-0.2, -0.15) is 5.26 Å². The molecule has 1 saturated heterocycles. The molecule has 2 fully saturated rings. The van der Waals surface area contributed by atoms with Gasteiger partial charge in [0.25, 0.3) is 0 Å². The highest BCUT2D eigenvalue weighted by atomic mass is 16.5. The van der Waals surface area contributed by atoms with E-state index in [4.69, 9.17) is 4.74 Å². The van der Waals surface area contributed by atoms with Gasteiger partial charge >= 0.3 is 0 Å². The van der Waals surface area contributed by atoms with E-state index in [-0.39, 0.29) is 11.9 Å². The van der Waals surface area contributed by atoms with Gasteiger partial charge < -0.3 is 10.1 Å². The molecule has 1 heterocycles. The van der Waals surface area contributed by atoms with Crippen LogP contribution in [0.1, 0.15) is 39.0 Å². The molecule has 2 unspecified atom stereocenters. The zero-order valence-corrected chi connectivity index (χ0v) is 10.4. The Labute approximate surface area is 102 Å². The average molecular weight is 236 g/mol. The quantitative estimate of drug-likeness (QED) is 0.792. The number of nitrogens with zero attached hydrogens (tertiary/aromatic N) is 1. The molecule has 0 radical (unpaired) electrons. The van der Waals surface area contributed by atoms with E-state index in [1.165, 1.54) is 12.8 Å². The van der Waals surface area contributed by atoms with E-state index in [0.29, 0.717) is 32.0 Å². The predicted molar refractivity (Wildman–Crippen MR) is 63.0 cm³/mol. The molecule has 0 aromatic carbocycles. The molecule has 17 heavy (non-hydrogen) atoms. The van der Waals surface area contributed by atoms with Crippen LogP contribution in [0.3, 0.4) is 0 Å². The maximum atomic E-state index is 12.3. The third-order valence-electron chi connectivity index (χ3n) is 4.17. The van der Waals surface area contributed by atoms with Crippen molar-refractivity contribution in [3.05, 3.63) is 0 Å². The van der Waals surface area contributed by atoms with Crippen molar-refractivity contribution in [2.24, 2.45) is 11.3 Å². The van der Waals surface area contributed by atoms with Crippen LogP contribution in [0, 0.1) is 22.7 Å². The zero-order chi connectivity index (χ0) is 12.3. The van der Waals surface area contributed by atoms with Crippen molar-refractivity contribution >= 4 is 5.91 Å². The molecule has 1 aliphatic heterocycles. The lowest BCUT2D eigenvalue weighted by molar-refractivity contribution is -0.133. The highest BCUT2D eigenvalue weighted by Gasteiger charge is 2.42. The summed E-state index contributed by atoms with van der Waals surface area (Å²) in [5.41, 5.74) is -0.847. The van der Waals surface area contributed by atoms with Gasteiger partial charge in [0, 0.05) is 19.3 Å². The largest absolute Gasteiger partial charge is 0.381 e. The fraction of sp³-hybridized carbons (Fsp3) is 0.846. The number of amides is 1. The van der Waals surface area contributed by atoms with Gasteiger partial charge in [0.05, 0.1) is 6.07 Å². The summed E-state index contributed by atoms with van der Waals surface area (Å²) in [4.78, 5) is 12.3. The van der Waals surface area contributed by atoms with Gasteiger partial charge in [-0.15, -0.1) is 0 Å². The number of ether oxygens (including phenoxy) is 1. The molecule has 0 aromatic heterocycles. The minimum absolute atomic E-state index is 0.0814. The van der Waals surface area contributed by atoms with Crippen LogP contribution in [0.5, 0.6) is 0 Å². The minimum atomic E-state index is -0.847. The summed E-state index contributed by atoms with van der Waals surface area (Å²) < 4.78 is 5.24. The number of hydrogen-bond acceptors (Lipinski definition) is 3. The monoisotopic (exact) mass is 236 g/mol. The van der Waals surface area contributed by atoms with Gasteiger partial charge in [-0.1, -0.05) is 13.3 Å². The van der Waals surface area contributed by atoms with Crippen molar-refractivity contribution in [2.75, 3.05) is 13.2 Å². The van der Waals surface area contributed by atoms with Crippen LogP contribution >= 0.6 is 0 Å². The second-order valence-electron chi connectivity index (χ2n) is 5.29. The molecule has 1 N–H and O–H groups in total. The Morgan fingerprint density at radius 3 is 2.65 bits per heavy atom. The van der Waals surface area contributed by atoms with Gasteiger partial charge in [0.2, 0.25) is 5.91 Å². The van der Waals surface area contributed by atoms with Gasteiger partial charge in [0.15, 0.2) is 0 Å². The van der Waals surface area contributed by atoms with E-state index in [1.54, 1.807) is 0 Å². The van der Waals surface area contributed by atoms with E-state index in [9.17, 15) is 10.1 Å². The maximum Gasteiger partial charge on any atom is 0.240 e. The Morgan fingerprint density at radius 2 is 2.12 bits per heavy atom. The Hall–Kier alpha value is -1.08. The standard InChI is InChI=1S/C13H20N2O2/c1-10-3-2-4-11(10)15-12(16)13(9-14)5-7-17-8-6-13/h10-11H,2-8H2,1H3,(H,15,16). The number of hydrogen-bond donors (Lipinski definition) is 1. The Balaban J connectivity index is 2.00. The lowest BCUT2D eigenvalue weighted by atomic mass is 9.80. The number of carbonyl (C=O) groups excluding carboxylic acids is 1. The molecule has 2 aliphatic rings. The summed E-state index contributed by atoms with van der Waals surface area (Å²) >= 11 is 0. The van der Waals surface area contributed by atoms with Crippen molar-refractivity contribution in [3.8, 4) is 6.07 Å². The molecule has 94 valence electrons. The molecule has 1 amide bonds. The molecule has 2 atom stereocenters. The first-order valence-corrected chi connectivity index (χ1v) is 6.48. The van der Waals surface area contributed by atoms with E-state index < -0.39 is 5.41 Å². The second-order valence-corrected chi connectivity index (χ2v) is 5.29. The van der Waals surface area contributed by atoms with Gasteiger partial charge in [-0.25, -0.2) is 0 Å². The number of nitrogens with one attached hydrogen (secondary N) is 1. The summed E-state index contributed by atoms with van der Waals surface area (Å²) in [6.45, 7) is 3.20. The van der Waals surface area contributed by atoms with Crippen molar-refractivity contribution in [1.29, 1.82) is 5.26 Å². The van der Waals surface area contributed by atoms with Gasteiger partial charge in [-0.05, 0) is 31.6 Å². The van der Waals surface area contributed by atoms with E-state index in [0.717, 1.165) is 6.42 Å². The highest BCUT2D eigenvalue weighted by molar-refractivity contribution is 5.85. The molecule has 0 bridgehead atoms. The summed E-state index contributed by atoms with van der Waals surface area (Å²) in [7, 11) is 0.